The normalized spacial score (nSPS) is 14.6. The van der Waals surface area contributed by atoms with Crippen LogP contribution in [0.1, 0.15) is 34.3 Å². The first-order valence-electron chi connectivity index (χ1n) is 14.6. The van der Waals surface area contributed by atoms with Gasteiger partial charge >= 0.3 is 12.1 Å². The Morgan fingerprint density at radius 1 is 0.818 bits per heavy atom. The molecule has 0 radical (unpaired) electrons. The molecule has 4 aromatic rings. The summed E-state index contributed by atoms with van der Waals surface area (Å²) in [6, 6.07) is 29.0. The van der Waals surface area contributed by atoms with Crippen LogP contribution in [-0.4, -0.2) is 56.1 Å². The lowest BCUT2D eigenvalue weighted by molar-refractivity contribution is -0.145. The van der Waals surface area contributed by atoms with E-state index in [0.29, 0.717) is 35.5 Å². The van der Waals surface area contributed by atoms with Crippen LogP contribution in [-0.2, 0) is 15.7 Å². The number of rotatable bonds is 9. The molecule has 1 amide bonds. The molecular weight excluding hydrogens is 567 g/mol. The van der Waals surface area contributed by atoms with Gasteiger partial charge < -0.3 is 15.0 Å². The molecule has 0 bridgehead atoms. The smallest absolute Gasteiger partial charge is 0.416 e. The number of esters is 1. The van der Waals surface area contributed by atoms with Crippen LogP contribution in [0, 0.1) is 0 Å². The Kier molecular flexibility index (Phi) is 9.65. The molecule has 9 heteroatoms. The monoisotopic (exact) mass is 601 g/mol. The number of ether oxygens (including phenoxy) is 1. The number of nitrogens with one attached hydrogen (secondary N) is 1. The second-order valence-electron chi connectivity index (χ2n) is 10.6. The second-order valence-corrected chi connectivity index (χ2v) is 10.6. The van der Waals surface area contributed by atoms with Crippen molar-refractivity contribution in [3.05, 3.63) is 120 Å². The third-order valence-corrected chi connectivity index (χ3v) is 7.77. The summed E-state index contributed by atoms with van der Waals surface area (Å²) >= 11 is 0. The molecule has 228 valence electrons. The molecule has 0 aromatic heterocycles. The molecule has 1 heterocycles. The molecule has 1 aliphatic rings. The van der Waals surface area contributed by atoms with Crippen LogP contribution in [0.4, 0.5) is 24.5 Å². The van der Waals surface area contributed by atoms with Gasteiger partial charge in [0.25, 0.3) is 5.91 Å². The number of carbonyl (C=O) groups is 2. The highest BCUT2D eigenvalue weighted by Crippen LogP contribution is 2.32. The lowest BCUT2D eigenvalue weighted by atomic mass is 9.98. The maximum absolute atomic E-state index is 13.2. The van der Waals surface area contributed by atoms with Gasteiger partial charge in [-0.05, 0) is 66.1 Å². The highest BCUT2D eigenvalue weighted by molar-refractivity contribution is 6.08. The van der Waals surface area contributed by atoms with E-state index in [9.17, 15) is 22.8 Å². The topological polar surface area (TPSA) is 61.9 Å². The van der Waals surface area contributed by atoms with Gasteiger partial charge in [-0.15, -0.1) is 0 Å². The summed E-state index contributed by atoms with van der Waals surface area (Å²) < 4.78 is 44.4. The highest BCUT2D eigenvalue weighted by atomic mass is 19.4. The number of amides is 1. The zero-order valence-electron chi connectivity index (χ0n) is 24.4. The zero-order chi connectivity index (χ0) is 31.1. The van der Waals surface area contributed by atoms with Gasteiger partial charge in [-0.3, -0.25) is 14.5 Å². The molecule has 1 N–H and O–H groups in total. The Labute approximate surface area is 255 Å². The van der Waals surface area contributed by atoms with Crippen molar-refractivity contribution in [1.29, 1.82) is 0 Å². The van der Waals surface area contributed by atoms with Crippen molar-refractivity contribution in [3.63, 3.8) is 0 Å². The van der Waals surface area contributed by atoms with Crippen molar-refractivity contribution < 1.29 is 27.5 Å². The lowest BCUT2D eigenvalue weighted by Gasteiger charge is -2.37. The van der Waals surface area contributed by atoms with Crippen molar-refractivity contribution in [2.75, 3.05) is 49.5 Å². The number of anilines is 2. The fourth-order valence-corrected chi connectivity index (χ4v) is 5.42. The molecule has 1 saturated heterocycles. The molecule has 1 atom stereocenters. The van der Waals surface area contributed by atoms with Gasteiger partial charge in [-0.2, -0.15) is 13.2 Å². The van der Waals surface area contributed by atoms with Crippen LogP contribution in [0.15, 0.2) is 103 Å². The van der Waals surface area contributed by atoms with E-state index >= 15 is 0 Å². The summed E-state index contributed by atoms with van der Waals surface area (Å²) in [5.41, 5.74) is 3.29. The predicted octanol–water partition coefficient (Wildman–Crippen LogP) is 7.09. The van der Waals surface area contributed by atoms with Gasteiger partial charge in [0.2, 0.25) is 0 Å². The van der Waals surface area contributed by atoms with E-state index in [1.807, 2.05) is 61.5 Å². The van der Waals surface area contributed by atoms with E-state index in [0.717, 1.165) is 49.6 Å². The van der Waals surface area contributed by atoms with Gasteiger partial charge in [0.05, 0.1) is 18.1 Å². The molecule has 0 saturated carbocycles. The van der Waals surface area contributed by atoms with E-state index in [4.69, 9.17) is 4.74 Å². The molecule has 44 heavy (non-hydrogen) atoms. The number of hydrogen-bond donors (Lipinski definition) is 1. The van der Waals surface area contributed by atoms with Gasteiger partial charge in [0, 0.05) is 49.7 Å². The summed E-state index contributed by atoms with van der Waals surface area (Å²) in [5, 5.41) is 2.91. The molecule has 5 rings (SSSR count). The van der Waals surface area contributed by atoms with Crippen LogP contribution < -0.4 is 10.2 Å². The number of benzene rings is 4. The molecule has 1 unspecified atom stereocenters. The quantitative estimate of drug-likeness (QED) is 0.208. The van der Waals surface area contributed by atoms with Crippen LogP contribution in [0.3, 0.4) is 0 Å². The van der Waals surface area contributed by atoms with Gasteiger partial charge in [0.1, 0.15) is 0 Å². The first-order chi connectivity index (χ1) is 21.2. The van der Waals surface area contributed by atoms with E-state index < -0.39 is 11.7 Å². The molecule has 0 aliphatic carbocycles. The van der Waals surface area contributed by atoms with E-state index in [-0.39, 0.29) is 17.8 Å². The SMILES string of the molecule is CCOC(=O)C(CN1CCN(c2ccc(NC(=O)c3ccccc3-c3ccc(C(F)(F)F)cc3)cc2)CC1)c1ccccc1. The number of halogens is 3. The van der Waals surface area contributed by atoms with Crippen LogP contribution in [0.5, 0.6) is 0 Å². The fourth-order valence-electron chi connectivity index (χ4n) is 5.42. The average Bonchev–Trinajstić information content (AvgIpc) is 3.04. The number of piperazine rings is 1. The standard InChI is InChI=1S/C35H34F3N3O3/c1-2-44-34(43)32(25-8-4-3-5-9-25)24-40-20-22-41(23-21-40)29-18-16-28(17-19-29)39-33(42)31-11-7-6-10-30(31)26-12-14-27(15-13-26)35(36,37)38/h3-19,32H,2,20-24H2,1H3,(H,39,42). The summed E-state index contributed by atoms with van der Waals surface area (Å²) in [7, 11) is 0. The van der Waals surface area contributed by atoms with E-state index in [2.05, 4.69) is 15.1 Å². The number of nitrogens with zero attached hydrogens (tertiary/aromatic N) is 2. The Morgan fingerprint density at radius 2 is 1.45 bits per heavy atom. The molecule has 0 spiro atoms. The molecular formula is C35H34F3N3O3. The number of hydrogen-bond acceptors (Lipinski definition) is 5. The van der Waals surface area contributed by atoms with Crippen molar-refractivity contribution in [3.8, 4) is 11.1 Å². The minimum Gasteiger partial charge on any atom is -0.465 e. The number of alkyl halides is 3. The number of carbonyl (C=O) groups excluding carboxylic acids is 2. The first-order valence-corrected chi connectivity index (χ1v) is 14.6. The Bertz CT molecular complexity index is 1550. The highest BCUT2D eigenvalue weighted by Gasteiger charge is 2.30. The average molecular weight is 602 g/mol. The summed E-state index contributed by atoms with van der Waals surface area (Å²) in [6.45, 7) is 5.92. The van der Waals surface area contributed by atoms with Gasteiger partial charge in [-0.25, -0.2) is 0 Å². The minimum atomic E-state index is -4.43. The largest absolute Gasteiger partial charge is 0.465 e. The molecule has 1 fully saturated rings. The maximum atomic E-state index is 13.2. The third kappa shape index (κ3) is 7.47. The van der Waals surface area contributed by atoms with Crippen molar-refractivity contribution >= 4 is 23.3 Å². The van der Waals surface area contributed by atoms with Gasteiger partial charge in [-0.1, -0.05) is 60.7 Å². The minimum absolute atomic E-state index is 0.208. The van der Waals surface area contributed by atoms with Crippen molar-refractivity contribution in [2.45, 2.75) is 19.0 Å². The Balaban J connectivity index is 1.19. The Hall–Kier alpha value is -4.63. The fraction of sp³-hybridized carbons (Fsp3) is 0.257. The molecule has 6 nitrogen and oxygen atoms in total. The summed E-state index contributed by atoms with van der Waals surface area (Å²) in [6.07, 6.45) is -4.43. The van der Waals surface area contributed by atoms with Crippen LogP contribution in [0.2, 0.25) is 0 Å². The summed E-state index contributed by atoms with van der Waals surface area (Å²) in [4.78, 5) is 30.5. The summed E-state index contributed by atoms with van der Waals surface area (Å²) in [5.74, 6) is -0.896. The first kappa shape index (κ1) is 30.8. The van der Waals surface area contributed by atoms with Crippen molar-refractivity contribution in [1.82, 2.24) is 4.90 Å². The maximum Gasteiger partial charge on any atom is 0.416 e. The van der Waals surface area contributed by atoms with Crippen LogP contribution >= 0.6 is 0 Å². The third-order valence-electron chi connectivity index (χ3n) is 7.77. The lowest BCUT2D eigenvalue weighted by Crippen LogP contribution is -2.48. The second kappa shape index (κ2) is 13.8. The Morgan fingerprint density at radius 3 is 2.09 bits per heavy atom. The zero-order valence-corrected chi connectivity index (χ0v) is 24.4. The van der Waals surface area contributed by atoms with Crippen molar-refractivity contribution in [2.24, 2.45) is 0 Å². The molecule has 1 aliphatic heterocycles. The van der Waals surface area contributed by atoms with E-state index in [1.54, 1.807) is 24.3 Å². The molecule has 4 aromatic carbocycles. The van der Waals surface area contributed by atoms with E-state index in [1.165, 1.54) is 12.1 Å². The van der Waals surface area contributed by atoms with Crippen LogP contribution in [0.25, 0.3) is 11.1 Å². The van der Waals surface area contributed by atoms with Gasteiger partial charge in [0.15, 0.2) is 0 Å². The predicted molar refractivity (Wildman–Crippen MR) is 166 cm³/mol.